The van der Waals surface area contributed by atoms with Gasteiger partial charge in [-0.2, -0.15) is 0 Å². The minimum atomic E-state index is -0.683. The Balaban J connectivity index is 0.00000338. The van der Waals surface area contributed by atoms with Crippen molar-refractivity contribution in [1.82, 2.24) is 20.2 Å². The normalized spacial score (nSPS) is 21.7. The zero-order valence-electron chi connectivity index (χ0n) is 16.2. The molecule has 3 unspecified atom stereocenters. The summed E-state index contributed by atoms with van der Waals surface area (Å²) < 4.78 is 14.2. The van der Waals surface area contributed by atoms with Crippen LogP contribution < -0.4 is 10.6 Å². The second kappa shape index (κ2) is 12.7. The summed E-state index contributed by atoms with van der Waals surface area (Å²) in [5.41, 5.74) is 0. The minimum Gasteiger partial charge on any atom is -0.356 e. The third kappa shape index (κ3) is 7.54. The van der Waals surface area contributed by atoms with Crippen molar-refractivity contribution in [1.29, 1.82) is 0 Å². The third-order valence-electron chi connectivity index (χ3n) is 4.89. The maximum atomic E-state index is 12.1. The molecule has 2 N–H and O–H groups in total. The van der Waals surface area contributed by atoms with E-state index >= 15 is 0 Å². The molecule has 0 bridgehead atoms. The van der Waals surface area contributed by atoms with E-state index in [1.807, 2.05) is 33.3 Å². The van der Waals surface area contributed by atoms with Crippen LogP contribution in [0.15, 0.2) is 17.4 Å². The Hall–Kier alpha value is -0.640. The molecule has 0 spiro atoms. The Kier molecular flexibility index (Phi) is 11.4. The Morgan fingerprint density at radius 1 is 1.42 bits per heavy atom. The van der Waals surface area contributed by atoms with Gasteiger partial charge in [-0.05, 0) is 39.0 Å². The number of unbranched alkanes of at least 4 members (excludes halogenated alkanes) is 1. The van der Waals surface area contributed by atoms with Crippen molar-refractivity contribution in [3.05, 3.63) is 18.2 Å². The van der Waals surface area contributed by atoms with E-state index in [1.54, 1.807) is 0 Å². The van der Waals surface area contributed by atoms with Gasteiger partial charge in [-0.25, -0.2) is 4.98 Å². The summed E-state index contributed by atoms with van der Waals surface area (Å²) in [4.78, 5) is 8.58. The summed E-state index contributed by atoms with van der Waals surface area (Å²) in [7, 11) is 1.13. The molecule has 6 nitrogen and oxygen atoms in total. The highest BCUT2D eigenvalue weighted by molar-refractivity contribution is 14.0. The van der Waals surface area contributed by atoms with Crippen molar-refractivity contribution in [2.24, 2.45) is 4.99 Å². The van der Waals surface area contributed by atoms with Gasteiger partial charge in [0.15, 0.2) is 5.96 Å². The van der Waals surface area contributed by atoms with Gasteiger partial charge in [0.05, 0.1) is 0 Å². The molecule has 26 heavy (non-hydrogen) atoms. The van der Waals surface area contributed by atoms with Crippen molar-refractivity contribution in [3.8, 4) is 0 Å². The standard InChI is InChI=1S/C18H33N5OS.HI/c1-4-25(24)17-9-7-8-16(14-17)22-18(19-3)21-10-5-6-12-23-13-11-20-15(23)2;/h11,13,16-17H,4-10,12,14H2,1-3H3,(H2,19,21,22);1H. The van der Waals surface area contributed by atoms with E-state index in [9.17, 15) is 4.21 Å². The summed E-state index contributed by atoms with van der Waals surface area (Å²) in [5, 5.41) is 7.27. The Labute approximate surface area is 177 Å². The average molecular weight is 495 g/mol. The molecule has 1 saturated carbocycles. The Morgan fingerprint density at radius 3 is 2.88 bits per heavy atom. The van der Waals surface area contributed by atoms with E-state index in [4.69, 9.17) is 0 Å². The summed E-state index contributed by atoms with van der Waals surface area (Å²) in [6.07, 6.45) is 10.5. The molecule has 1 aliphatic rings. The van der Waals surface area contributed by atoms with Crippen LogP contribution in [-0.2, 0) is 17.3 Å². The van der Waals surface area contributed by atoms with Crippen LogP contribution in [0.4, 0.5) is 0 Å². The third-order valence-corrected chi connectivity index (χ3v) is 6.63. The fraction of sp³-hybridized carbons (Fsp3) is 0.778. The first-order valence-corrected chi connectivity index (χ1v) is 10.8. The van der Waals surface area contributed by atoms with Crippen LogP contribution in [-0.4, -0.2) is 50.4 Å². The molecule has 1 aromatic rings. The van der Waals surface area contributed by atoms with Gasteiger partial charge in [0.25, 0.3) is 0 Å². The fourth-order valence-electron chi connectivity index (χ4n) is 3.39. The number of hydrogen-bond acceptors (Lipinski definition) is 3. The van der Waals surface area contributed by atoms with Crippen LogP contribution in [0.5, 0.6) is 0 Å². The molecule has 3 atom stereocenters. The van der Waals surface area contributed by atoms with Crippen LogP contribution in [0.25, 0.3) is 0 Å². The molecule has 1 fully saturated rings. The second-order valence-corrected chi connectivity index (χ2v) is 8.68. The number of hydrogen-bond donors (Lipinski definition) is 2. The van der Waals surface area contributed by atoms with Crippen molar-refractivity contribution >= 4 is 40.7 Å². The van der Waals surface area contributed by atoms with Crippen molar-refractivity contribution in [2.45, 2.75) is 70.2 Å². The number of rotatable bonds is 8. The van der Waals surface area contributed by atoms with E-state index < -0.39 is 10.8 Å². The number of aryl methyl sites for hydroxylation is 2. The molecule has 150 valence electrons. The van der Waals surface area contributed by atoms with Gasteiger partial charge in [0.2, 0.25) is 0 Å². The van der Waals surface area contributed by atoms with Crippen LogP contribution in [0.3, 0.4) is 0 Å². The molecule has 0 radical (unpaired) electrons. The fourth-order valence-corrected chi connectivity index (χ4v) is 4.74. The number of aromatic nitrogens is 2. The summed E-state index contributed by atoms with van der Waals surface area (Å²) in [6.45, 7) is 5.96. The summed E-state index contributed by atoms with van der Waals surface area (Å²) in [5.74, 6) is 2.70. The predicted octanol–water partition coefficient (Wildman–Crippen LogP) is 2.83. The Morgan fingerprint density at radius 2 is 2.23 bits per heavy atom. The van der Waals surface area contributed by atoms with Crippen LogP contribution in [0.1, 0.15) is 51.3 Å². The maximum absolute atomic E-state index is 12.1. The van der Waals surface area contributed by atoms with Gasteiger partial charge >= 0.3 is 0 Å². The molecule has 0 aliphatic heterocycles. The van der Waals surface area contributed by atoms with E-state index in [-0.39, 0.29) is 24.0 Å². The molecule has 2 rings (SSSR count). The van der Waals surface area contributed by atoms with Crippen molar-refractivity contribution in [2.75, 3.05) is 19.3 Å². The van der Waals surface area contributed by atoms with E-state index in [2.05, 4.69) is 25.2 Å². The number of imidazole rings is 1. The van der Waals surface area contributed by atoms with Gasteiger partial charge < -0.3 is 15.2 Å². The highest BCUT2D eigenvalue weighted by Crippen LogP contribution is 2.22. The lowest BCUT2D eigenvalue weighted by Gasteiger charge is -2.30. The maximum Gasteiger partial charge on any atom is 0.191 e. The first kappa shape index (κ1) is 23.4. The highest BCUT2D eigenvalue weighted by atomic mass is 127. The molecular formula is C18H34IN5OS. The lowest BCUT2D eigenvalue weighted by molar-refractivity contribution is 0.413. The van der Waals surface area contributed by atoms with E-state index in [1.165, 1.54) is 0 Å². The number of halogens is 1. The quantitative estimate of drug-likeness (QED) is 0.252. The number of aliphatic imine (C=N–C) groups is 1. The van der Waals surface area contributed by atoms with E-state index in [0.29, 0.717) is 11.3 Å². The minimum absolute atomic E-state index is 0. The molecule has 0 saturated heterocycles. The lowest BCUT2D eigenvalue weighted by atomic mass is 9.95. The number of nitrogens with zero attached hydrogens (tertiary/aromatic N) is 3. The zero-order chi connectivity index (χ0) is 18.1. The van der Waals surface area contributed by atoms with Crippen molar-refractivity contribution in [3.63, 3.8) is 0 Å². The first-order valence-electron chi connectivity index (χ1n) is 9.46. The van der Waals surface area contributed by atoms with Gasteiger partial charge in [-0.15, -0.1) is 24.0 Å². The lowest BCUT2D eigenvalue weighted by Crippen LogP contribution is -2.46. The summed E-state index contributed by atoms with van der Waals surface area (Å²) in [6, 6.07) is 0.383. The van der Waals surface area contributed by atoms with Gasteiger partial charge in [0.1, 0.15) is 5.82 Å². The molecule has 0 aromatic carbocycles. The highest BCUT2D eigenvalue weighted by Gasteiger charge is 2.25. The Bertz CT molecular complexity index is 578. The molecule has 1 heterocycles. The van der Waals surface area contributed by atoms with Crippen molar-refractivity contribution < 1.29 is 4.21 Å². The molecule has 0 amide bonds. The van der Waals surface area contributed by atoms with Gasteiger partial charge in [-0.3, -0.25) is 9.20 Å². The molecule has 1 aromatic heterocycles. The largest absolute Gasteiger partial charge is 0.356 e. The second-order valence-electron chi connectivity index (χ2n) is 6.67. The SMILES string of the molecule is CCS(=O)C1CCCC(NC(=NC)NCCCCn2ccnc2C)C1.I. The molecular weight excluding hydrogens is 461 g/mol. The van der Waals surface area contributed by atoms with Crippen LogP contribution >= 0.6 is 24.0 Å². The zero-order valence-corrected chi connectivity index (χ0v) is 19.4. The first-order chi connectivity index (χ1) is 12.1. The van der Waals surface area contributed by atoms with Gasteiger partial charge in [-0.1, -0.05) is 13.3 Å². The van der Waals surface area contributed by atoms with Crippen LogP contribution in [0, 0.1) is 6.92 Å². The topological polar surface area (TPSA) is 71.3 Å². The van der Waals surface area contributed by atoms with Gasteiger partial charge in [0, 0.05) is 60.4 Å². The average Bonchev–Trinajstić information content (AvgIpc) is 3.04. The number of guanidine groups is 1. The monoisotopic (exact) mass is 495 g/mol. The predicted molar refractivity (Wildman–Crippen MR) is 121 cm³/mol. The molecule has 8 heteroatoms. The molecule has 1 aliphatic carbocycles. The smallest absolute Gasteiger partial charge is 0.191 e. The summed E-state index contributed by atoms with van der Waals surface area (Å²) >= 11 is 0. The van der Waals surface area contributed by atoms with E-state index in [0.717, 1.165) is 69.2 Å². The van der Waals surface area contributed by atoms with Crippen LogP contribution in [0.2, 0.25) is 0 Å². The number of nitrogens with one attached hydrogen (secondary N) is 2.